The molecule has 0 N–H and O–H groups in total. The number of rotatable bonds is 3. The van der Waals surface area contributed by atoms with Crippen molar-refractivity contribution in [2.75, 3.05) is 0 Å². The first-order valence-electron chi connectivity index (χ1n) is 5.00. The van der Waals surface area contributed by atoms with Crippen molar-refractivity contribution < 1.29 is 9.21 Å². The maximum absolute atomic E-state index is 11.1. The van der Waals surface area contributed by atoms with E-state index >= 15 is 0 Å². The van der Waals surface area contributed by atoms with Gasteiger partial charge >= 0.3 is 0 Å². The molecule has 3 heteroatoms. The Labute approximate surface area is 98.7 Å². The van der Waals surface area contributed by atoms with Crippen LogP contribution in [0.3, 0.4) is 0 Å². The normalized spacial score (nSPS) is 10.4. The Morgan fingerprint density at radius 1 is 1.25 bits per heavy atom. The quantitative estimate of drug-likeness (QED) is 0.751. The van der Waals surface area contributed by atoms with E-state index in [2.05, 4.69) is 6.07 Å². The van der Waals surface area contributed by atoms with Crippen molar-refractivity contribution in [1.29, 1.82) is 0 Å². The fourth-order valence-corrected chi connectivity index (χ4v) is 2.25. The third-order valence-electron chi connectivity index (χ3n) is 2.14. The molecule has 0 bridgehead atoms. The van der Waals surface area contributed by atoms with Gasteiger partial charge in [-0.15, -0.1) is 0 Å². The van der Waals surface area contributed by atoms with E-state index in [0.29, 0.717) is 5.76 Å². The molecular formula is C13H12O2S. The summed E-state index contributed by atoms with van der Waals surface area (Å²) in [7, 11) is 0. The molecule has 0 saturated heterocycles. The number of furan rings is 1. The predicted octanol–water partition coefficient (Wildman–Crippen LogP) is 3.94. The average molecular weight is 232 g/mol. The predicted molar refractivity (Wildman–Crippen MR) is 64.0 cm³/mol. The highest BCUT2D eigenvalue weighted by Crippen LogP contribution is 2.29. The van der Waals surface area contributed by atoms with Gasteiger partial charge in [0, 0.05) is 11.8 Å². The molecule has 1 aromatic heterocycles. The van der Waals surface area contributed by atoms with Gasteiger partial charge in [-0.1, -0.05) is 29.5 Å². The lowest BCUT2D eigenvalue weighted by Crippen LogP contribution is -1.85. The number of Topliss-reactive ketones (excluding diaryl/α,β-unsaturated/α-hetero) is 1. The molecule has 16 heavy (non-hydrogen) atoms. The highest BCUT2D eigenvalue weighted by molar-refractivity contribution is 7.99. The fraction of sp³-hybridized carbons (Fsp3) is 0.154. The zero-order chi connectivity index (χ0) is 11.5. The van der Waals surface area contributed by atoms with Gasteiger partial charge in [0.05, 0.1) is 0 Å². The maximum atomic E-state index is 11.1. The number of hydrogen-bond acceptors (Lipinski definition) is 3. The van der Waals surface area contributed by atoms with Crippen molar-refractivity contribution in [2.45, 2.75) is 23.8 Å². The Morgan fingerprint density at radius 3 is 2.69 bits per heavy atom. The summed E-state index contributed by atoms with van der Waals surface area (Å²) in [5, 5.41) is 0.746. The number of benzene rings is 1. The van der Waals surface area contributed by atoms with E-state index in [1.165, 1.54) is 24.2 Å². The molecule has 0 fully saturated rings. The molecule has 2 nitrogen and oxygen atoms in total. The van der Waals surface area contributed by atoms with Gasteiger partial charge in [-0.25, -0.2) is 0 Å². The first kappa shape index (κ1) is 11.0. The van der Waals surface area contributed by atoms with E-state index in [-0.39, 0.29) is 5.78 Å². The van der Waals surface area contributed by atoms with E-state index in [0.717, 1.165) is 9.99 Å². The van der Waals surface area contributed by atoms with Crippen molar-refractivity contribution in [1.82, 2.24) is 0 Å². The topological polar surface area (TPSA) is 30.2 Å². The molecule has 1 aromatic carbocycles. The molecule has 1 heterocycles. The Bertz CT molecular complexity index is 514. The zero-order valence-corrected chi connectivity index (χ0v) is 10.0. The smallest absolute Gasteiger partial charge is 0.194 e. The minimum absolute atomic E-state index is 0.0453. The summed E-state index contributed by atoms with van der Waals surface area (Å²) >= 11 is 1.52. The molecule has 0 unspecified atom stereocenters. The lowest BCUT2D eigenvalue weighted by atomic mass is 10.2. The van der Waals surface area contributed by atoms with Crippen molar-refractivity contribution in [2.24, 2.45) is 0 Å². The van der Waals surface area contributed by atoms with Crippen LogP contribution in [-0.2, 0) is 0 Å². The Balaban J connectivity index is 2.17. The van der Waals surface area contributed by atoms with Crippen LogP contribution in [0.25, 0.3) is 0 Å². The third-order valence-corrected chi connectivity index (χ3v) is 3.05. The van der Waals surface area contributed by atoms with Gasteiger partial charge in [0.2, 0.25) is 0 Å². The second kappa shape index (κ2) is 4.58. The molecule has 2 aromatic rings. The van der Waals surface area contributed by atoms with Gasteiger partial charge in [0.15, 0.2) is 16.6 Å². The highest BCUT2D eigenvalue weighted by Gasteiger charge is 2.07. The lowest BCUT2D eigenvalue weighted by molar-refractivity contribution is 0.0982. The van der Waals surface area contributed by atoms with Gasteiger partial charge in [0.1, 0.15) is 0 Å². The maximum Gasteiger partial charge on any atom is 0.194 e. The van der Waals surface area contributed by atoms with E-state index < -0.39 is 0 Å². The molecule has 82 valence electrons. The fourth-order valence-electron chi connectivity index (χ4n) is 1.36. The summed E-state index contributed by atoms with van der Waals surface area (Å²) in [5.74, 6) is 0.367. The molecule has 0 amide bonds. The summed E-state index contributed by atoms with van der Waals surface area (Å²) in [5.41, 5.74) is 1.21. The summed E-state index contributed by atoms with van der Waals surface area (Å²) in [6, 6.07) is 11.7. The van der Waals surface area contributed by atoms with Crippen LogP contribution < -0.4 is 0 Å². The first-order valence-corrected chi connectivity index (χ1v) is 5.82. The number of carbonyl (C=O) groups is 1. The van der Waals surface area contributed by atoms with E-state index in [1.54, 1.807) is 6.07 Å². The van der Waals surface area contributed by atoms with Crippen molar-refractivity contribution in [3.63, 3.8) is 0 Å². The first-order chi connectivity index (χ1) is 7.65. The Morgan fingerprint density at radius 2 is 2.06 bits per heavy atom. The largest absolute Gasteiger partial charge is 0.446 e. The zero-order valence-electron chi connectivity index (χ0n) is 9.19. The second-order valence-electron chi connectivity index (χ2n) is 3.59. The summed E-state index contributed by atoms with van der Waals surface area (Å²) < 4.78 is 5.40. The summed E-state index contributed by atoms with van der Waals surface area (Å²) in [6.07, 6.45) is 0. The van der Waals surface area contributed by atoms with Crippen LogP contribution in [0.5, 0.6) is 0 Å². The Kier molecular flexibility index (Phi) is 3.15. The highest BCUT2D eigenvalue weighted by atomic mass is 32.2. The van der Waals surface area contributed by atoms with Crippen LogP contribution in [0.15, 0.2) is 50.8 Å². The lowest BCUT2D eigenvalue weighted by Gasteiger charge is -1.98. The van der Waals surface area contributed by atoms with Gasteiger partial charge in [0.25, 0.3) is 0 Å². The molecule has 0 atom stereocenters. The van der Waals surface area contributed by atoms with Crippen LogP contribution >= 0.6 is 11.8 Å². The van der Waals surface area contributed by atoms with Crippen LogP contribution in [-0.4, -0.2) is 5.78 Å². The van der Waals surface area contributed by atoms with Gasteiger partial charge in [-0.05, 0) is 31.2 Å². The average Bonchev–Trinajstić information content (AvgIpc) is 2.66. The van der Waals surface area contributed by atoms with Crippen molar-refractivity contribution >= 4 is 17.5 Å². The number of aryl methyl sites for hydroxylation is 1. The Hall–Kier alpha value is -1.48. The van der Waals surface area contributed by atoms with Crippen LogP contribution in [0.4, 0.5) is 0 Å². The van der Waals surface area contributed by atoms with Crippen LogP contribution in [0.1, 0.15) is 23.0 Å². The minimum atomic E-state index is -0.0453. The third kappa shape index (κ3) is 2.55. The molecule has 0 saturated carbocycles. The SMILES string of the molecule is CC(=O)c1ccc(Sc2cccc(C)c2)o1. The van der Waals surface area contributed by atoms with Crippen LogP contribution in [0.2, 0.25) is 0 Å². The molecular weight excluding hydrogens is 220 g/mol. The molecule has 2 rings (SSSR count). The molecule has 0 aliphatic rings. The number of hydrogen-bond donors (Lipinski definition) is 0. The van der Waals surface area contributed by atoms with E-state index in [9.17, 15) is 4.79 Å². The van der Waals surface area contributed by atoms with Gasteiger partial charge < -0.3 is 4.42 Å². The van der Waals surface area contributed by atoms with E-state index in [1.807, 2.05) is 31.2 Å². The molecule has 0 radical (unpaired) electrons. The molecule has 0 spiro atoms. The summed E-state index contributed by atoms with van der Waals surface area (Å²) in [6.45, 7) is 3.55. The number of ketones is 1. The van der Waals surface area contributed by atoms with Crippen molar-refractivity contribution in [3.05, 3.63) is 47.7 Å². The molecule has 0 aliphatic heterocycles. The van der Waals surface area contributed by atoms with Crippen molar-refractivity contribution in [3.8, 4) is 0 Å². The molecule has 0 aliphatic carbocycles. The van der Waals surface area contributed by atoms with E-state index in [4.69, 9.17) is 4.42 Å². The number of carbonyl (C=O) groups excluding carboxylic acids is 1. The van der Waals surface area contributed by atoms with Gasteiger partial charge in [-0.3, -0.25) is 4.79 Å². The summed E-state index contributed by atoms with van der Waals surface area (Å²) in [4.78, 5) is 12.2. The second-order valence-corrected chi connectivity index (χ2v) is 4.67. The minimum Gasteiger partial charge on any atom is -0.446 e. The van der Waals surface area contributed by atoms with Crippen LogP contribution in [0, 0.1) is 6.92 Å². The standard InChI is InChI=1S/C13H12O2S/c1-9-4-3-5-11(8-9)16-13-7-6-12(15-13)10(2)14/h3-8H,1-2H3. The monoisotopic (exact) mass is 232 g/mol. The van der Waals surface area contributed by atoms with Gasteiger partial charge in [-0.2, -0.15) is 0 Å².